The highest BCUT2D eigenvalue weighted by Crippen LogP contribution is 2.47. The van der Waals surface area contributed by atoms with Crippen LogP contribution in [0.1, 0.15) is 49.0 Å². The van der Waals surface area contributed by atoms with Gasteiger partial charge in [-0.1, -0.05) is 12.1 Å². The first-order valence-electron chi connectivity index (χ1n) is 11.5. The van der Waals surface area contributed by atoms with Crippen LogP contribution in [0.25, 0.3) is 0 Å². The molecule has 0 radical (unpaired) electrons. The lowest BCUT2D eigenvalue weighted by Crippen LogP contribution is -2.36. The first-order chi connectivity index (χ1) is 16.6. The SMILES string of the molecule is CCOCCOC(=O)C1=C(C)NC2=C(C(=O)C[C@@H](c3cccs3)C2)[C@@H]1c1ccc2c(c1)OCO2. The Labute approximate surface area is 202 Å². The largest absolute Gasteiger partial charge is 0.460 e. The zero-order chi connectivity index (χ0) is 23.7. The average Bonchev–Trinajstić information content (AvgIpc) is 3.52. The monoisotopic (exact) mass is 481 g/mol. The molecule has 0 saturated carbocycles. The summed E-state index contributed by atoms with van der Waals surface area (Å²) in [5.41, 5.74) is 3.45. The summed E-state index contributed by atoms with van der Waals surface area (Å²) in [6, 6.07) is 9.68. The van der Waals surface area contributed by atoms with Crippen molar-refractivity contribution >= 4 is 23.1 Å². The molecule has 7 nitrogen and oxygen atoms in total. The van der Waals surface area contributed by atoms with Crippen molar-refractivity contribution in [3.8, 4) is 11.5 Å². The van der Waals surface area contributed by atoms with Crippen LogP contribution in [0.15, 0.2) is 58.3 Å². The Bertz CT molecular complexity index is 1170. The van der Waals surface area contributed by atoms with Gasteiger partial charge in [-0.3, -0.25) is 4.79 Å². The Balaban J connectivity index is 1.53. The summed E-state index contributed by atoms with van der Waals surface area (Å²) in [5.74, 6) is 0.445. The fourth-order valence-electron chi connectivity index (χ4n) is 4.88. The van der Waals surface area contributed by atoms with Gasteiger partial charge in [0.25, 0.3) is 0 Å². The molecular weight excluding hydrogens is 454 g/mol. The molecule has 178 valence electrons. The summed E-state index contributed by atoms with van der Waals surface area (Å²) in [6.45, 7) is 4.94. The lowest BCUT2D eigenvalue weighted by atomic mass is 9.72. The molecule has 0 saturated heterocycles. The maximum absolute atomic E-state index is 13.6. The molecule has 0 fully saturated rings. The molecule has 2 aliphatic heterocycles. The fraction of sp³-hybridized carbons (Fsp3) is 0.385. The normalized spacial score (nSPS) is 21.4. The molecule has 1 aliphatic carbocycles. The van der Waals surface area contributed by atoms with Gasteiger partial charge in [0.2, 0.25) is 6.79 Å². The number of hydrogen-bond donors (Lipinski definition) is 1. The number of hydrogen-bond acceptors (Lipinski definition) is 8. The minimum absolute atomic E-state index is 0.0435. The van der Waals surface area contributed by atoms with E-state index in [4.69, 9.17) is 18.9 Å². The smallest absolute Gasteiger partial charge is 0.336 e. The van der Waals surface area contributed by atoms with Gasteiger partial charge in [0.15, 0.2) is 17.3 Å². The van der Waals surface area contributed by atoms with Crippen LogP contribution in [0.3, 0.4) is 0 Å². The van der Waals surface area contributed by atoms with Gasteiger partial charge in [-0.2, -0.15) is 0 Å². The second-order valence-electron chi connectivity index (χ2n) is 8.48. The molecule has 0 spiro atoms. The molecule has 2 aromatic rings. The van der Waals surface area contributed by atoms with Gasteiger partial charge in [0.05, 0.1) is 12.2 Å². The molecule has 8 heteroatoms. The summed E-state index contributed by atoms with van der Waals surface area (Å²) in [5, 5.41) is 5.42. The zero-order valence-corrected chi connectivity index (χ0v) is 20.0. The highest BCUT2D eigenvalue weighted by Gasteiger charge is 2.42. The molecule has 3 heterocycles. The van der Waals surface area contributed by atoms with Crippen LogP contribution in [0.4, 0.5) is 0 Å². The summed E-state index contributed by atoms with van der Waals surface area (Å²) >= 11 is 1.67. The van der Waals surface area contributed by atoms with Crippen molar-refractivity contribution in [3.05, 3.63) is 68.7 Å². The number of allylic oxidation sites excluding steroid dienone is 3. The number of carbonyl (C=O) groups is 2. The lowest BCUT2D eigenvalue weighted by molar-refractivity contribution is -0.140. The Morgan fingerprint density at radius 1 is 1.18 bits per heavy atom. The van der Waals surface area contributed by atoms with E-state index in [1.54, 1.807) is 11.3 Å². The van der Waals surface area contributed by atoms with Crippen LogP contribution >= 0.6 is 11.3 Å². The topological polar surface area (TPSA) is 83.1 Å². The fourth-order valence-corrected chi connectivity index (χ4v) is 5.71. The first kappa shape index (κ1) is 22.7. The zero-order valence-electron chi connectivity index (χ0n) is 19.2. The Morgan fingerprint density at radius 2 is 2.03 bits per heavy atom. The second-order valence-corrected chi connectivity index (χ2v) is 9.46. The highest BCUT2D eigenvalue weighted by atomic mass is 32.1. The maximum Gasteiger partial charge on any atom is 0.336 e. The standard InChI is InChI=1S/C26H27NO6S/c1-3-30-8-9-31-26(29)23-15(2)27-18-11-17(22-5-4-10-34-22)12-19(28)25(18)24(23)16-6-7-20-21(13-16)33-14-32-20/h4-7,10,13,17,24,27H,3,8-9,11-12,14H2,1-2H3/t17-,24+/m0/s1. The minimum atomic E-state index is -0.540. The third-order valence-corrected chi connectivity index (χ3v) is 7.42. The van der Waals surface area contributed by atoms with Crippen LogP contribution < -0.4 is 14.8 Å². The van der Waals surface area contributed by atoms with E-state index in [0.717, 1.165) is 11.3 Å². The number of rotatable bonds is 7. The van der Waals surface area contributed by atoms with E-state index in [9.17, 15) is 9.59 Å². The van der Waals surface area contributed by atoms with Gasteiger partial charge in [-0.05, 0) is 49.4 Å². The summed E-state index contributed by atoms with van der Waals surface area (Å²) in [4.78, 5) is 28.0. The van der Waals surface area contributed by atoms with Crippen molar-refractivity contribution in [2.24, 2.45) is 0 Å². The lowest BCUT2D eigenvalue weighted by Gasteiger charge is -2.36. The number of benzene rings is 1. The summed E-state index contributed by atoms with van der Waals surface area (Å²) < 4.78 is 21.9. The molecule has 1 N–H and O–H groups in total. The van der Waals surface area contributed by atoms with E-state index in [1.165, 1.54) is 4.88 Å². The maximum atomic E-state index is 13.6. The van der Waals surface area contributed by atoms with E-state index in [0.29, 0.717) is 54.4 Å². The average molecular weight is 482 g/mol. The van der Waals surface area contributed by atoms with Crippen LogP contribution in [0, 0.1) is 0 Å². The van der Waals surface area contributed by atoms with Crippen LogP contribution in [0.2, 0.25) is 0 Å². The van der Waals surface area contributed by atoms with Gasteiger partial charge in [0, 0.05) is 46.7 Å². The van der Waals surface area contributed by atoms with Crippen molar-refractivity contribution in [2.45, 2.75) is 38.5 Å². The Morgan fingerprint density at radius 3 is 2.82 bits per heavy atom. The van der Waals surface area contributed by atoms with Crippen molar-refractivity contribution in [2.75, 3.05) is 26.6 Å². The van der Waals surface area contributed by atoms with E-state index < -0.39 is 11.9 Å². The second kappa shape index (κ2) is 9.64. The Hall–Kier alpha value is -3.10. The van der Waals surface area contributed by atoms with E-state index >= 15 is 0 Å². The predicted octanol–water partition coefficient (Wildman–Crippen LogP) is 4.42. The number of carbonyl (C=O) groups excluding carboxylic acids is 2. The molecule has 5 rings (SSSR count). The van der Waals surface area contributed by atoms with Gasteiger partial charge in [0.1, 0.15) is 6.61 Å². The third-order valence-electron chi connectivity index (χ3n) is 6.39. The van der Waals surface area contributed by atoms with Gasteiger partial charge in [-0.25, -0.2) is 4.79 Å². The third kappa shape index (κ3) is 4.23. The number of ketones is 1. The molecule has 0 unspecified atom stereocenters. The molecule has 34 heavy (non-hydrogen) atoms. The molecular formula is C26H27NO6S. The van der Waals surface area contributed by atoms with Crippen molar-refractivity contribution < 1.29 is 28.5 Å². The van der Waals surface area contributed by atoms with E-state index in [1.807, 2.05) is 43.5 Å². The highest BCUT2D eigenvalue weighted by molar-refractivity contribution is 7.10. The predicted molar refractivity (Wildman–Crippen MR) is 127 cm³/mol. The molecule has 0 amide bonds. The minimum Gasteiger partial charge on any atom is -0.460 e. The van der Waals surface area contributed by atoms with Crippen molar-refractivity contribution in [1.29, 1.82) is 0 Å². The van der Waals surface area contributed by atoms with Gasteiger partial charge in [-0.15, -0.1) is 11.3 Å². The quantitative estimate of drug-likeness (QED) is 0.463. The summed E-state index contributed by atoms with van der Waals surface area (Å²) in [7, 11) is 0. The van der Waals surface area contributed by atoms with E-state index in [-0.39, 0.29) is 25.1 Å². The number of thiophene rings is 1. The van der Waals surface area contributed by atoms with Crippen LogP contribution in [-0.2, 0) is 19.1 Å². The molecule has 1 aromatic heterocycles. The molecule has 2 atom stereocenters. The molecule has 1 aromatic carbocycles. The Kier molecular flexibility index (Phi) is 6.43. The van der Waals surface area contributed by atoms with Crippen LogP contribution in [0.5, 0.6) is 11.5 Å². The van der Waals surface area contributed by atoms with Gasteiger partial charge < -0.3 is 24.3 Å². The van der Waals surface area contributed by atoms with E-state index in [2.05, 4.69) is 11.4 Å². The van der Waals surface area contributed by atoms with Gasteiger partial charge >= 0.3 is 5.97 Å². The van der Waals surface area contributed by atoms with Crippen LogP contribution in [-0.4, -0.2) is 38.4 Å². The number of fused-ring (bicyclic) bond motifs is 1. The number of dihydropyridines is 1. The number of nitrogens with one attached hydrogen (secondary N) is 1. The number of Topliss-reactive ketones (excluding diaryl/α,β-unsaturated/α-hetero) is 1. The molecule has 0 bridgehead atoms. The summed E-state index contributed by atoms with van der Waals surface area (Å²) in [6.07, 6.45) is 1.13. The first-order valence-corrected chi connectivity index (χ1v) is 12.4. The number of ether oxygens (including phenoxy) is 4. The van der Waals surface area contributed by atoms with Crippen molar-refractivity contribution in [1.82, 2.24) is 5.32 Å². The number of esters is 1. The molecule has 3 aliphatic rings. The van der Waals surface area contributed by atoms with Crippen molar-refractivity contribution in [3.63, 3.8) is 0 Å².